The molecule has 3 unspecified atom stereocenters. The molecule has 3 aliphatic rings. The molecule has 2 aliphatic heterocycles. The number of hydrogen-bond donors (Lipinski definition) is 2. The number of fused-ring (bicyclic) bond motifs is 1. The van der Waals surface area contributed by atoms with Gasteiger partial charge in [-0.1, -0.05) is 30.3 Å². The molecule has 1 saturated carbocycles. The molecule has 2 heterocycles. The number of rotatable bonds is 5. The molecule has 116 valence electrons. The molecule has 0 amide bonds. The van der Waals surface area contributed by atoms with Crippen molar-refractivity contribution in [2.24, 2.45) is 16.8 Å². The van der Waals surface area contributed by atoms with Gasteiger partial charge in [0, 0.05) is 31.5 Å². The molecule has 0 aromatic heterocycles. The van der Waals surface area contributed by atoms with Gasteiger partial charge in [-0.15, -0.1) is 0 Å². The van der Waals surface area contributed by atoms with Crippen LogP contribution in [-0.2, 0) is 6.42 Å². The Balaban J connectivity index is 1.22. The van der Waals surface area contributed by atoms with E-state index in [9.17, 15) is 5.21 Å². The van der Waals surface area contributed by atoms with E-state index in [1.165, 1.54) is 10.6 Å². The highest BCUT2D eigenvalue weighted by molar-refractivity contribution is 5.71. The van der Waals surface area contributed by atoms with E-state index in [1.54, 1.807) is 18.5 Å². The lowest BCUT2D eigenvalue weighted by molar-refractivity contribution is -0.127. The number of hydroxylamine groups is 2. The van der Waals surface area contributed by atoms with Gasteiger partial charge in [0.15, 0.2) is 0 Å². The van der Waals surface area contributed by atoms with E-state index in [0.29, 0.717) is 17.9 Å². The van der Waals surface area contributed by atoms with Crippen LogP contribution in [0.1, 0.15) is 5.56 Å². The van der Waals surface area contributed by atoms with Gasteiger partial charge in [0.2, 0.25) is 6.29 Å². The lowest BCUT2D eigenvalue weighted by atomic mass is 10.1. The summed E-state index contributed by atoms with van der Waals surface area (Å²) in [7, 11) is 0. The summed E-state index contributed by atoms with van der Waals surface area (Å²) in [5.41, 5.74) is 1.39. The van der Waals surface area contributed by atoms with Gasteiger partial charge in [-0.25, -0.2) is 5.06 Å². The van der Waals surface area contributed by atoms with Crippen molar-refractivity contribution in [1.29, 1.82) is 0 Å². The van der Waals surface area contributed by atoms with Crippen molar-refractivity contribution in [2.45, 2.75) is 18.8 Å². The summed E-state index contributed by atoms with van der Waals surface area (Å²) in [4.78, 5) is 6.60. The second-order valence-electron chi connectivity index (χ2n) is 6.36. The van der Waals surface area contributed by atoms with Gasteiger partial charge in [-0.2, -0.15) is 0 Å². The number of aliphatic imine (C=N–C) groups is 1. The molecule has 0 spiro atoms. The smallest absolute Gasteiger partial charge is 0.201 e. The largest absolute Gasteiger partial charge is 0.313 e. The molecule has 1 aromatic carbocycles. The number of benzene rings is 1. The molecule has 1 aliphatic carbocycles. The molecule has 5 nitrogen and oxygen atoms in total. The summed E-state index contributed by atoms with van der Waals surface area (Å²) in [6, 6.07) is 11.3. The van der Waals surface area contributed by atoms with E-state index >= 15 is 0 Å². The maximum atomic E-state index is 9.84. The Kier molecular flexibility index (Phi) is 3.70. The van der Waals surface area contributed by atoms with E-state index in [1.807, 2.05) is 0 Å². The zero-order valence-electron chi connectivity index (χ0n) is 12.5. The number of allylic oxidation sites excluding steroid dienone is 1. The highest BCUT2D eigenvalue weighted by Crippen LogP contribution is 2.46. The van der Waals surface area contributed by atoms with Crippen LogP contribution in [0.5, 0.6) is 0 Å². The van der Waals surface area contributed by atoms with Crippen molar-refractivity contribution in [1.82, 2.24) is 15.3 Å². The predicted octanol–water partition coefficient (Wildman–Crippen LogP) is 1.32. The Morgan fingerprint density at radius 3 is 2.68 bits per heavy atom. The Labute approximate surface area is 130 Å². The van der Waals surface area contributed by atoms with Gasteiger partial charge in [-0.05, 0) is 36.4 Å². The minimum absolute atomic E-state index is 0.234. The highest BCUT2D eigenvalue weighted by Gasteiger charge is 2.56. The fraction of sp³-hybridized carbons (Fsp3) is 0.471. The molecule has 0 radical (unpaired) electrons. The number of hydrogen-bond acceptors (Lipinski definition) is 5. The van der Waals surface area contributed by atoms with Gasteiger partial charge in [-0.3, -0.25) is 15.1 Å². The maximum Gasteiger partial charge on any atom is 0.201 e. The second-order valence-corrected chi connectivity index (χ2v) is 6.36. The zero-order chi connectivity index (χ0) is 14.9. The van der Waals surface area contributed by atoms with Crippen molar-refractivity contribution < 1.29 is 5.21 Å². The lowest BCUT2D eigenvalue weighted by Gasteiger charge is -2.32. The third kappa shape index (κ3) is 2.67. The molecule has 4 rings (SSSR count). The summed E-state index contributed by atoms with van der Waals surface area (Å²) >= 11 is 0. The molecule has 1 aromatic rings. The van der Waals surface area contributed by atoms with Crippen molar-refractivity contribution in [3.05, 3.63) is 48.2 Å². The normalized spacial score (nSPS) is 33.2. The Morgan fingerprint density at radius 2 is 1.95 bits per heavy atom. The molecule has 22 heavy (non-hydrogen) atoms. The fourth-order valence-corrected chi connectivity index (χ4v) is 3.74. The summed E-state index contributed by atoms with van der Waals surface area (Å²) in [5, 5.41) is 14.7. The standard InChI is InChI=1S/C17H22N4O/c22-21-10-4-8-19-17(21)20-11-14-15(12-20)16(14)18-9-7-13-5-2-1-3-6-13/h1-6,8,10,14-18,22H,7,9,11-12H2. The van der Waals surface area contributed by atoms with Gasteiger partial charge in [0.1, 0.15) is 0 Å². The third-order valence-corrected chi connectivity index (χ3v) is 4.97. The van der Waals surface area contributed by atoms with Crippen molar-refractivity contribution in [3.8, 4) is 0 Å². The van der Waals surface area contributed by atoms with Crippen molar-refractivity contribution >= 4 is 6.21 Å². The van der Waals surface area contributed by atoms with Crippen molar-refractivity contribution in [2.75, 3.05) is 19.6 Å². The molecule has 3 atom stereocenters. The van der Waals surface area contributed by atoms with E-state index in [0.717, 1.165) is 26.1 Å². The van der Waals surface area contributed by atoms with Crippen LogP contribution in [0.4, 0.5) is 0 Å². The Morgan fingerprint density at radius 1 is 1.18 bits per heavy atom. The zero-order valence-corrected chi connectivity index (χ0v) is 12.5. The van der Waals surface area contributed by atoms with Gasteiger partial charge >= 0.3 is 0 Å². The van der Waals surface area contributed by atoms with Crippen LogP contribution in [0.15, 0.2) is 47.6 Å². The molecule has 2 N–H and O–H groups in total. The van der Waals surface area contributed by atoms with Crippen LogP contribution in [0.25, 0.3) is 0 Å². The van der Waals surface area contributed by atoms with Gasteiger partial charge in [0.05, 0.1) is 0 Å². The minimum atomic E-state index is -0.234. The third-order valence-electron chi connectivity index (χ3n) is 4.97. The average Bonchev–Trinajstić information content (AvgIpc) is 3.00. The lowest BCUT2D eigenvalue weighted by Crippen LogP contribution is -2.46. The molecule has 2 fully saturated rings. The highest BCUT2D eigenvalue weighted by atomic mass is 16.5. The van der Waals surface area contributed by atoms with E-state index in [4.69, 9.17) is 0 Å². The van der Waals surface area contributed by atoms with Gasteiger partial charge in [0.25, 0.3) is 0 Å². The monoisotopic (exact) mass is 298 g/mol. The second kappa shape index (κ2) is 5.83. The first-order chi connectivity index (χ1) is 10.8. The summed E-state index contributed by atoms with van der Waals surface area (Å²) < 4.78 is 0. The van der Waals surface area contributed by atoms with Gasteiger partial charge < -0.3 is 5.32 Å². The number of nitrogens with zero attached hydrogens (tertiary/aromatic N) is 3. The van der Waals surface area contributed by atoms with E-state index in [-0.39, 0.29) is 6.29 Å². The topological polar surface area (TPSA) is 51.1 Å². The minimum Gasteiger partial charge on any atom is -0.313 e. The van der Waals surface area contributed by atoms with Crippen LogP contribution in [0.2, 0.25) is 0 Å². The van der Waals surface area contributed by atoms with Crippen molar-refractivity contribution in [3.63, 3.8) is 0 Å². The quantitative estimate of drug-likeness (QED) is 0.861. The average molecular weight is 298 g/mol. The molecule has 1 saturated heterocycles. The molecular formula is C17H22N4O. The van der Waals surface area contributed by atoms with Crippen LogP contribution < -0.4 is 5.32 Å². The first-order valence-electron chi connectivity index (χ1n) is 8.01. The molecule has 0 bridgehead atoms. The van der Waals surface area contributed by atoms with E-state index < -0.39 is 0 Å². The number of likely N-dealkylation sites (tertiary alicyclic amines) is 1. The SMILES string of the molecule is ON1C=CC=NC1N1CC2C(C1)C2NCCc1ccccc1. The molecule has 5 heteroatoms. The van der Waals surface area contributed by atoms with Crippen LogP contribution in [-0.4, -0.2) is 53.4 Å². The fourth-order valence-electron chi connectivity index (χ4n) is 3.74. The summed E-state index contributed by atoms with van der Waals surface area (Å²) in [6.07, 6.45) is 6.03. The predicted molar refractivity (Wildman–Crippen MR) is 85.5 cm³/mol. The van der Waals surface area contributed by atoms with Crippen LogP contribution in [0, 0.1) is 11.8 Å². The van der Waals surface area contributed by atoms with Crippen LogP contribution in [0.3, 0.4) is 0 Å². The first-order valence-corrected chi connectivity index (χ1v) is 8.01. The number of nitrogens with one attached hydrogen (secondary N) is 1. The van der Waals surface area contributed by atoms with E-state index in [2.05, 4.69) is 45.5 Å². The summed E-state index contributed by atoms with van der Waals surface area (Å²) in [5.74, 6) is 1.43. The maximum absolute atomic E-state index is 9.84. The summed E-state index contributed by atoms with van der Waals surface area (Å²) in [6.45, 7) is 3.07. The Bertz CT molecular complexity index is 561. The number of piperidine rings is 1. The van der Waals surface area contributed by atoms with Crippen LogP contribution >= 0.6 is 0 Å². The Hall–Kier alpha value is -1.69. The first kappa shape index (κ1) is 13.9. The molecular weight excluding hydrogens is 276 g/mol.